The Kier molecular flexibility index (Phi) is 2.62. The third kappa shape index (κ3) is 1.63. The van der Waals surface area contributed by atoms with Crippen molar-refractivity contribution in [3.63, 3.8) is 0 Å². The summed E-state index contributed by atoms with van der Waals surface area (Å²) >= 11 is 0. The zero-order chi connectivity index (χ0) is 10.9. The van der Waals surface area contributed by atoms with E-state index in [-0.39, 0.29) is 0 Å². The van der Waals surface area contributed by atoms with Crippen molar-refractivity contribution in [2.24, 2.45) is 12.8 Å². The molecular weight excluding hydrogens is 182 g/mol. The van der Waals surface area contributed by atoms with E-state index in [9.17, 15) is 4.79 Å². The minimum Gasteiger partial charge on any atom is -0.480 e. The summed E-state index contributed by atoms with van der Waals surface area (Å²) in [6.45, 7) is 3.59. The number of imidazole rings is 1. The van der Waals surface area contributed by atoms with Gasteiger partial charge >= 0.3 is 5.97 Å². The molecular formula is C9H15N3O2. The lowest BCUT2D eigenvalue weighted by Gasteiger charge is -2.28. The van der Waals surface area contributed by atoms with Crippen LogP contribution in [-0.2, 0) is 17.3 Å². The van der Waals surface area contributed by atoms with E-state index in [1.165, 1.54) is 0 Å². The topological polar surface area (TPSA) is 81.1 Å². The number of aromatic nitrogens is 2. The van der Waals surface area contributed by atoms with Crippen molar-refractivity contribution in [2.75, 3.05) is 0 Å². The van der Waals surface area contributed by atoms with Gasteiger partial charge in [0.1, 0.15) is 6.04 Å². The molecule has 0 bridgehead atoms. The molecule has 1 atom stereocenters. The van der Waals surface area contributed by atoms with Crippen LogP contribution in [-0.4, -0.2) is 26.7 Å². The highest BCUT2D eigenvalue weighted by molar-refractivity contribution is 5.75. The van der Waals surface area contributed by atoms with Gasteiger partial charge in [0.2, 0.25) is 0 Å². The molecule has 0 aliphatic rings. The quantitative estimate of drug-likeness (QED) is 0.720. The lowest BCUT2D eigenvalue weighted by molar-refractivity contribution is -0.140. The molecule has 1 unspecified atom stereocenters. The van der Waals surface area contributed by atoms with Gasteiger partial charge in [-0.15, -0.1) is 0 Å². The molecule has 0 amide bonds. The molecule has 1 rings (SSSR count). The van der Waals surface area contributed by atoms with Gasteiger partial charge in [0, 0.05) is 24.4 Å². The predicted octanol–water partition coefficient (Wildman–Crippen LogP) is 0.110. The number of aliphatic carboxylic acids is 1. The number of rotatable bonds is 3. The van der Waals surface area contributed by atoms with Crippen molar-refractivity contribution < 1.29 is 9.90 Å². The van der Waals surface area contributed by atoms with E-state index in [1.807, 2.05) is 7.05 Å². The molecule has 0 radical (unpaired) electrons. The first-order valence-electron chi connectivity index (χ1n) is 4.32. The second kappa shape index (κ2) is 3.42. The maximum Gasteiger partial charge on any atom is 0.321 e. The molecule has 1 aromatic heterocycles. The maximum absolute atomic E-state index is 10.8. The smallest absolute Gasteiger partial charge is 0.321 e. The molecule has 0 aliphatic carbocycles. The fraction of sp³-hybridized carbons (Fsp3) is 0.556. The van der Waals surface area contributed by atoms with Crippen LogP contribution in [0.4, 0.5) is 0 Å². The Morgan fingerprint density at radius 2 is 2.29 bits per heavy atom. The third-order valence-corrected chi connectivity index (χ3v) is 2.52. The normalized spacial score (nSPS) is 14.0. The second-order valence-electron chi connectivity index (χ2n) is 3.93. The molecule has 1 aromatic rings. The van der Waals surface area contributed by atoms with Crippen molar-refractivity contribution in [2.45, 2.75) is 25.3 Å². The fourth-order valence-corrected chi connectivity index (χ4v) is 1.45. The number of hydrogen-bond donors (Lipinski definition) is 2. The molecule has 3 N–H and O–H groups in total. The van der Waals surface area contributed by atoms with Gasteiger partial charge < -0.3 is 15.4 Å². The van der Waals surface area contributed by atoms with Crippen molar-refractivity contribution in [3.05, 3.63) is 18.2 Å². The van der Waals surface area contributed by atoms with Gasteiger partial charge in [-0.2, -0.15) is 0 Å². The average molecular weight is 197 g/mol. The number of carbonyl (C=O) groups is 1. The Morgan fingerprint density at radius 1 is 1.71 bits per heavy atom. The number of nitrogens with two attached hydrogens (primary N) is 1. The number of aryl methyl sites for hydroxylation is 1. The van der Waals surface area contributed by atoms with Crippen LogP contribution in [0.25, 0.3) is 0 Å². The van der Waals surface area contributed by atoms with Gasteiger partial charge in [-0.1, -0.05) is 13.8 Å². The zero-order valence-electron chi connectivity index (χ0n) is 8.56. The van der Waals surface area contributed by atoms with Gasteiger partial charge in [0.25, 0.3) is 0 Å². The van der Waals surface area contributed by atoms with E-state index in [1.54, 1.807) is 30.9 Å². The summed E-state index contributed by atoms with van der Waals surface area (Å²) < 4.78 is 1.78. The highest BCUT2D eigenvalue weighted by Gasteiger charge is 2.35. The molecule has 0 saturated carbocycles. The van der Waals surface area contributed by atoms with Crippen LogP contribution in [0.5, 0.6) is 0 Å². The van der Waals surface area contributed by atoms with Gasteiger partial charge in [-0.05, 0) is 0 Å². The van der Waals surface area contributed by atoms with Crippen LogP contribution in [0.2, 0.25) is 0 Å². The lowest BCUT2D eigenvalue weighted by Crippen LogP contribution is -2.47. The van der Waals surface area contributed by atoms with Crippen molar-refractivity contribution in [3.8, 4) is 0 Å². The first-order valence-corrected chi connectivity index (χ1v) is 4.32. The van der Waals surface area contributed by atoms with Crippen LogP contribution in [0.3, 0.4) is 0 Å². The van der Waals surface area contributed by atoms with Gasteiger partial charge in [0.05, 0.1) is 6.33 Å². The Bertz CT molecular complexity index is 344. The van der Waals surface area contributed by atoms with E-state index in [0.29, 0.717) is 0 Å². The molecule has 5 nitrogen and oxygen atoms in total. The van der Waals surface area contributed by atoms with Crippen LogP contribution in [0.15, 0.2) is 12.5 Å². The number of nitrogens with zero attached hydrogens (tertiary/aromatic N) is 2. The van der Waals surface area contributed by atoms with E-state index < -0.39 is 17.4 Å². The Labute approximate surface area is 82.6 Å². The van der Waals surface area contributed by atoms with Crippen molar-refractivity contribution >= 4 is 5.97 Å². The summed E-state index contributed by atoms with van der Waals surface area (Å²) in [5, 5.41) is 8.85. The molecule has 0 fully saturated rings. The minimum atomic E-state index is -1.00. The maximum atomic E-state index is 10.8. The molecule has 0 aliphatic heterocycles. The van der Waals surface area contributed by atoms with Crippen LogP contribution in [0, 0.1) is 0 Å². The highest BCUT2D eigenvalue weighted by Crippen LogP contribution is 2.25. The molecule has 78 valence electrons. The summed E-state index contributed by atoms with van der Waals surface area (Å²) in [6.07, 6.45) is 3.27. The fourth-order valence-electron chi connectivity index (χ4n) is 1.45. The van der Waals surface area contributed by atoms with Gasteiger partial charge in [0.15, 0.2) is 0 Å². The molecule has 0 aromatic carbocycles. The van der Waals surface area contributed by atoms with Crippen molar-refractivity contribution in [1.29, 1.82) is 0 Å². The van der Waals surface area contributed by atoms with E-state index in [2.05, 4.69) is 4.98 Å². The largest absolute Gasteiger partial charge is 0.480 e. The van der Waals surface area contributed by atoms with Gasteiger partial charge in [-0.25, -0.2) is 4.98 Å². The Morgan fingerprint density at radius 3 is 2.64 bits per heavy atom. The predicted molar refractivity (Wildman–Crippen MR) is 51.8 cm³/mol. The van der Waals surface area contributed by atoms with E-state index in [0.717, 1.165) is 5.69 Å². The molecule has 0 saturated heterocycles. The van der Waals surface area contributed by atoms with E-state index >= 15 is 0 Å². The Hall–Kier alpha value is -1.36. The SMILES string of the molecule is Cn1cncc1C(C)(C)C(N)C(=O)O. The zero-order valence-corrected chi connectivity index (χ0v) is 8.56. The summed E-state index contributed by atoms with van der Waals surface area (Å²) in [4.78, 5) is 14.7. The second-order valence-corrected chi connectivity index (χ2v) is 3.93. The third-order valence-electron chi connectivity index (χ3n) is 2.52. The van der Waals surface area contributed by atoms with Crippen LogP contribution >= 0.6 is 0 Å². The molecule has 1 heterocycles. The number of carboxylic acid groups (broad SMARTS) is 1. The monoisotopic (exact) mass is 197 g/mol. The summed E-state index contributed by atoms with van der Waals surface area (Å²) in [5.41, 5.74) is 5.80. The first kappa shape index (κ1) is 10.7. The van der Waals surface area contributed by atoms with Crippen molar-refractivity contribution in [1.82, 2.24) is 9.55 Å². The highest BCUT2D eigenvalue weighted by atomic mass is 16.4. The van der Waals surface area contributed by atoms with Crippen LogP contribution < -0.4 is 5.73 Å². The number of carboxylic acids is 1. The molecule has 14 heavy (non-hydrogen) atoms. The van der Waals surface area contributed by atoms with Crippen LogP contribution in [0.1, 0.15) is 19.5 Å². The standard InChI is InChI=1S/C9H15N3O2/c1-9(2,7(10)8(13)14)6-4-11-5-12(6)3/h4-5,7H,10H2,1-3H3,(H,13,14). The summed E-state index contributed by atoms with van der Waals surface area (Å²) in [6, 6.07) is -0.933. The molecule has 5 heteroatoms. The average Bonchev–Trinajstić information content (AvgIpc) is 2.50. The summed E-state index contributed by atoms with van der Waals surface area (Å²) in [5.74, 6) is -1.00. The van der Waals surface area contributed by atoms with Gasteiger partial charge in [-0.3, -0.25) is 4.79 Å². The number of hydrogen-bond acceptors (Lipinski definition) is 3. The first-order chi connectivity index (χ1) is 6.37. The summed E-state index contributed by atoms with van der Waals surface area (Å²) in [7, 11) is 1.82. The lowest BCUT2D eigenvalue weighted by atomic mass is 9.82. The molecule has 0 spiro atoms. The Balaban J connectivity index is 3.07. The van der Waals surface area contributed by atoms with E-state index in [4.69, 9.17) is 10.8 Å². The minimum absolute atomic E-state index is 0.628.